The maximum absolute atomic E-state index is 11.6. The van der Waals surface area contributed by atoms with Crippen molar-refractivity contribution in [2.45, 2.75) is 39.0 Å². The summed E-state index contributed by atoms with van der Waals surface area (Å²) in [4.78, 5) is 24.5. The minimum atomic E-state index is -0.710. The first-order valence-electron chi connectivity index (χ1n) is 5.71. The standard InChI is InChI=1S/C11H19NO3/c1-2-15-11(14)10(13)12-8-6-4-3-5-7-9-12/h2-9H2,1H3. The lowest BCUT2D eigenvalue weighted by atomic mass is 10.1. The molecule has 0 bridgehead atoms. The second-order valence-corrected chi connectivity index (χ2v) is 3.78. The van der Waals surface area contributed by atoms with Crippen molar-refractivity contribution in [1.29, 1.82) is 0 Å². The molecule has 15 heavy (non-hydrogen) atoms. The quantitative estimate of drug-likeness (QED) is 0.488. The van der Waals surface area contributed by atoms with Gasteiger partial charge in [-0.3, -0.25) is 4.79 Å². The summed E-state index contributed by atoms with van der Waals surface area (Å²) in [5.41, 5.74) is 0. The van der Waals surface area contributed by atoms with Crippen LogP contribution < -0.4 is 0 Å². The number of rotatable bonds is 1. The first kappa shape index (κ1) is 12.0. The smallest absolute Gasteiger partial charge is 0.397 e. The fourth-order valence-electron chi connectivity index (χ4n) is 1.77. The number of likely N-dealkylation sites (tertiary alicyclic amines) is 1. The Morgan fingerprint density at radius 2 is 1.60 bits per heavy atom. The zero-order valence-electron chi connectivity index (χ0n) is 9.33. The summed E-state index contributed by atoms with van der Waals surface area (Å²) in [7, 11) is 0. The van der Waals surface area contributed by atoms with Gasteiger partial charge in [-0.05, 0) is 19.8 Å². The predicted octanol–water partition coefficient (Wildman–Crippen LogP) is 1.34. The molecule has 0 saturated carbocycles. The molecule has 1 aliphatic rings. The minimum Gasteiger partial charge on any atom is -0.459 e. The van der Waals surface area contributed by atoms with Crippen LogP contribution in [0.15, 0.2) is 0 Å². The van der Waals surface area contributed by atoms with Crippen LogP contribution in [0.2, 0.25) is 0 Å². The molecule has 4 nitrogen and oxygen atoms in total. The second kappa shape index (κ2) is 6.43. The first-order chi connectivity index (χ1) is 7.25. The number of nitrogens with zero attached hydrogens (tertiary/aromatic N) is 1. The van der Waals surface area contributed by atoms with Crippen molar-refractivity contribution in [2.75, 3.05) is 19.7 Å². The Hall–Kier alpha value is -1.06. The third-order valence-electron chi connectivity index (χ3n) is 2.59. The van der Waals surface area contributed by atoms with Gasteiger partial charge in [0.1, 0.15) is 0 Å². The molecule has 0 atom stereocenters. The summed E-state index contributed by atoms with van der Waals surface area (Å²) in [6, 6.07) is 0. The molecular formula is C11H19NO3. The van der Waals surface area contributed by atoms with Crippen molar-refractivity contribution in [3.05, 3.63) is 0 Å². The van der Waals surface area contributed by atoms with Crippen LogP contribution in [0.25, 0.3) is 0 Å². The van der Waals surface area contributed by atoms with Crippen molar-refractivity contribution in [1.82, 2.24) is 4.90 Å². The molecule has 0 N–H and O–H groups in total. The van der Waals surface area contributed by atoms with Gasteiger partial charge in [-0.15, -0.1) is 0 Å². The van der Waals surface area contributed by atoms with Crippen molar-refractivity contribution in [2.24, 2.45) is 0 Å². The number of carbonyl (C=O) groups excluding carboxylic acids is 2. The molecule has 0 aromatic carbocycles. The molecule has 0 unspecified atom stereocenters. The van der Waals surface area contributed by atoms with Gasteiger partial charge in [0.05, 0.1) is 6.61 Å². The number of amides is 1. The van der Waals surface area contributed by atoms with Gasteiger partial charge >= 0.3 is 11.9 Å². The van der Waals surface area contributed by atoms with Gasteiger partial charge in [0.2, 0.25) is 0 Å². The first-order valence-corrected chi connectivity index (χ1v) is 5.71. The lowest BCUT2D eigenvalue weighted by molar-refractivity contribution is -0.160. The number of hydrogen-bond acceptors (Lipinski definition) is 3. The highest BCUT2D eigenvalue weighted by atomic mass is 16.5. The summed E-state index contributed by atoms with van der Waals surface area (Å²) >= 11 is 0. The van der Waals surface area contributed by atoms with E-state index in [9.17, 15) is 9.59 Å². The van der Waals surface area contributed by atoms with E-state index in [1.807, 2.05) is 0 Å². The number of hydrogen-bond donors (Lipinski definition) is 0. The van der Waals surface area contributed by atoms with E-state index in [-0.39, 0.29) is 6.61 Å². The zero-order chi connectivity index (χ0) is 11.1. The molecule has 1 heterocycles. The Morgan fingerprint density at radius 3 is 2.13 bits per heavy atom. The van der Waals surface area contributed by atoms with Crippen LogP contribution >= 0.6 is 0 Å². The van der Waals surface area contributed by atoms with Gasteiger partial charge in [-0.25, -0.2) is 4.79 Å². The van der Waals surface area contributed by atoms with Crippen LogP contribution in [-0.2, 0) is 14.3 Å². The number of ether oxygens (including phenoxy) is 1. The molecule has 0 spiro atoms. The van der Waals surface area contributed by atoms with E-state index in [2.05, 4.69) is 0 Å². The van der Waals surface area contributed by atoms with Crippen molar-refractivity contribution < 1.29 is 14.3 Å². The third kappa shape index (κ3) is 3.90. The van der Waals surface area contributed by atoms with E-state index < -0.39 is 11.9 Å². The molecular weight excluding hydrogens is 194 g/mol. The minimum absolute atomic E-state index is 0.262. The molecule has 0 aromatic heterocycles. The molecule has 0 aromatic rings. The lowest BCUT2D eigenvalue weighted by Gasteiger charge is -2.23. The molecule has 86 valence electrons. The summed E-state index contributed by atoms with van der Waals surface area (Å²) in [5.74, 6) is -1.18. The summed E-state index contributed by atoms with van der Waals surface area (Å²) in [5, 5.41) is 0. The molecule has 1 fully saturated rings. The molecule has 1 rings (SSSR count). The fourth-order valence-corrected chi connectivity index (χ4v) is 1.77. The van der Waals surface area contributed by atoms with Gasteiger partial charge in [0.25, 0.3) is 0 Å². The summed E-state index contributed by atoms with van der Waals surface area (Å²) in [6.07, 6.45) is 5.51. The molecule has 0 radical (unpaired) electrons. The van der Waals surface area contributed by atoms with E-state index in [4.69, 9.17) is 4.74 Å². The highest BCUT2D eigenvalue weighted by Crippen LogP contribution is 2.10. The highest BCUT2D eigenvalue weighted by molar-refractivity contribution is 6.32. The fraction of sp³-hybridized carbons (Fsp3) is 0.818. The van der Waals surface area contributed by atoms with Gasteiger partial charge in [-0.2, -0.15) is 0 Å². The van der Waals surface area contributed by atoms with Gasteiger partial charge in [0, 0.05) is 13.1 Å². The third-order valence-corrected chi connectivity index (χ3v) is 2.59. The Bertz CT molecular complexity index is 220. The second-order valence-electron chi connectivity index (χ2n) is 3.78. The Morgan fingerprint density at radius 1 is 1.07 bits per heavy atom. The van der Waals surface area contributed by atoms with Crippen LogP contribution in [0.3, 0.4) is 0 Å². The highest BCUT2D eigenvalue weighted by Gasteiger charge is 2.22. The topological polar surface area (TPSA) is 46.6 Å². The van der Waals surface area contributed by atoms with Gasteiger partial charge in [-0.1, -0.05) is 19.3 Å². The Labute approximate surface area is 90.6 Å². The molecule has 0 aliphatic carbocycles. The van der Waals surface area contributed by atoms with Gasteiger partial charge in [0.15, 0.2) is 0 Å². The number of esters is 1. The van der Waals surface area contributed by atoms with E-state index in [0.717, 1.165) is 25.7 Å². The van der Waals surface area contributed by atoms with E-state index in [1.54, 1.807) is 11.8 Å². The Kier molecular flexibility index (Phi) is 5.15. The molecule has 4 heteroatoms. The van der Waals surface area contributed by atoms with E-state index >= 15 is 0 Å². The van der Waals surface area contributed by atoms with Crippen LogP contribution in [0.5, 0.6) is 0 Å². The monoisotopic (exact) mass is 213 g/mol. The largest absolute Gasteiger partial charge is 0.459 e. The van der Waals surface area contributed by atoms with Gasteiger partial charge < -0.3 is 9.64 Å². The SMILES string of the molecule is CCOC(=O)C(=O)N1CCCCCCC1. The molecule has 1 amide bonds. The average molecular weight is 213 g/mol. The van der Waals surface area contributed by atoms with Crippen LogP contribution in [0, 0.1) is 0 Å². The van der Waals surface area contributed by atoms with Crippen molar-refractivity contribution in [3.8, 4) is 0 Å². The number of carbonyl (C=O) groups is 2. The molecule has 1 aliphatic heterocycles. The maximum atomic E-state index is 11.6. The van der Waals surface area contributed by atoms with Crippen LogP contribution in [0.4, 0.5) is 0 Å². The van der Waals surface area contributed by atoms with Crippen molar-refractivity contribution >= 4 is 11.9 Å². The summed E-state index contributed by atoms with van der Waals surface area (Å²) in [6.45, 7) is 3.35. The zero-order valence-corrected chi connectivity index (χ0v) is 9.33. The maximum Gasteiger partial charge on any atom is 0.397 e. The van der Waals surface area contributed by atoms with E-state index in [1.165, 1.54) is 6.42 Å². The lowest BCUT2D eigenvalue weighted by Crippen LogP contribution is -2.39. The van der Waals surface area contributed by atoms with Crippen LogP contribution in [-0.4, -0.2) is 36.5 Å². The summed E-state index contributed by atoms with van der Waals surface area (Å²) < 4.78 is 4.70. The van der Waals surface area contributed by atoms with Crippen molar-refractivity contribution in [3.63, 3.8) is 0 Å². The van der Waals surface area contributed by atoms with Crippen LogP contribution in [0.1, 0.15) is 39.0 Å². The predicted molar refractivity (Wildman–Crippen MR) is 56.3 cm³/mol. The Balaban J connectivity index is 2.44. The average Bonchev–Trinajstić information content (AvgIpc) is 2.16. The van der Waals surface area contributed by atoms with E-state index in [0.29, 0.717) is 13.1 Å². The normalized spacial score (nSPS) is 17.8. The molecule has 1 saturated heterocycles.